The number of benzene rings is 3. The van der Waals surface area contributed by atoms with Crippen LogP contribution in [-0.4, -0.2) is 35.6 Å². The Morgan fingerprint density at radius 2 is 1.62 bits per heavy atom. The molecule has 1 saturated heterocycles. The molecule has 214 valence electrons. The highest BCUT2D eigenvalue weighted by Gasteiger charge is 2.48. The zero-order valence-electron chi connectivity index (χ0n) is 23.6. The maximum Gasteiger partial charge on any atom is 0.252 e. The molecule has 9 nitrogen and oxygen atoms in total. The summed E-state index contributed by atoms with van der Waals surface area (Å²) in [6.45, 7) is 7.02. The second kappa shape index (κ2) is 10.4. The van der Waals surface area contributed by atoms with E-state index in [9.17, 15) is 18.0 Å². The van der Waals surface area contributed by atoms with Gasteiger partial charge in [0.25, 0.3) is 5.91 Å². The van der Waals surface area contributed by atoms with E-state index in [2.05, 4.69) is 4.98 Å². The van der Waals surface area contributed by atoms with E-state index in [-0.39, 0.29) is 17.9 Å². The van der Waals surface area contributed by atoms with Crippen molar-refractivity contribution in [1.82, 2.24) is 9.29 Å². The van der Waals surface area contributed by atoms with Crippen LogP contribution in [0.4, 0.5) is 5.69 Å². The van der Waals surface area contributed by atoms with Gasteiger partial charge in [0.2, 0.25) is 21.8 Å². The summed E-state index contributed by atoms with van der Waals surface area (Å²) in [5, 5.41) is 0. The lowest BCUT2D eigenvalue weighted by Gasteiger charge is -2.28. The van der Waals surface area contributed by atoms with Crippen molar-refractivity contribution in [1.29, 1.82) is 0 Å². The molecular weight excluding hydrogens is 554 g/mol. The van der Waals surface area contributed by atoms with Gasteiger partial charge in [-0.15, -0.1) is 0 Å². The number of carbonyl (C=O) groups excluding carboxylic acids is 2. The van der Waals surface area contributed by atoms with E-state index in [1.165, 1.54) is 6.26 Å². The number of imide groups is 1. The molecule has 10 heteroatoms. The largest absolute Gasteiger partial charge is 0.468 e. The first-order chi connectivity index (χ1) is 20.1. The standard InChI is InChI=1S/C32H29N3O6S/c1-19-16-20(2)22(4)30(21(19)3)42(38,39)34(18-25-8-7-15-40-25)27-17-29(36)35(32(27)37)24-13-11-23(12-14-24)31-33-26-9-5-6-10-28(26)41-31/h5-16,27H,17-18H2,1-4H3. The topological polar surface area (TPSA) is 114 Å². The van der Waals surface area contributed by atoms with Crippen molar-refractivity contribution in [2.45, 2.75) is 51.6 Å². The number of nitrogens with zero attached hydrogens (tertiary/aromatic N) is 3. The molecule has 2 aromatic heterocycles. The summed E-state index contributed by atoms with van der Waals surface area (Å²) < 4.78 is 41.1. The van der Waals surface area contributed by atoms with Crippen molar-refractivity contribution < 1.29 is 26.8 Å². The van der Waals surface area contributed by atoms with Gasteiger partial charge in [0, 0.05) is 5.56 Å². The molecule has 1 aliphatic rings. The highest BCUT2D eigenvalue weighted by atomic mass is 32.2. The molecule has 5 aromatic rings. The number of hydrogen-bond donors (Lipinski definition) is 0. The summed E-state index contributed by atoms with van der Waals surface area (Å²) in [5.41, 5.74) is 5.23. The summed E-state index contributed by atoms with van der Waals surface area (Å²) in [6.07, 6.45) is 1.15. The van der Waals surface area contributed by atoms with Crippen LogP contribution >= 0.6 is 0 Å². The molecule has 0 saturated carbocycles. The Labute approximate surface area is 243 Å². The number of sulfonamides is 1. The van der Waals surface area contributed by atoms with Crippen molar-refractivity contribution in [3.05, 3.63) is 101 Å². The Kier molecular flexibility index (Phi) is 6.83. The maximum absolute atomic E-state index is 14.3. The van der Waals surface area contributed by atoms with Crippen molar-refractivity contribution >= 4 is 38.6 Å². The van der Waals surface area contributed by atoms with Crippen molar-refractivity contribution in [2.24, 2.45) is 0 Å². The number of furan rings is 1. The van der Waals surface area contributed by atoms with Crippen LogP contribution in [0.25, 0.3) is 22.6 Å². The zero-order chi connectivity index (χ0) is 29.8. The normalized spacial score (nSPS) is 15.8. The average Bonchev–Trinajstić information content (AvgIpc) is 3.70. The van der Waals surface area contributed by atoms with Crippen LogP contribution in [0.2, 0.25) is 0 Å². The lowest BCUT2D eigenvalue weighted by atomic mass is 10.0. The predicted octanol–water partition coefficient (Wildman–Crippen LogP) is 5.84. The minimum atomic E-state index is -4.23. The summed E-state index contributed by atoms with van der Waals surface area (Å²) in [5.74, 6) is -0.341. The average molecular weight is 584 g/mol. The van der Waals surface area contributed by atoms with Crippen molar-refractivity contribution in [2.75, 3.05) is 4.90 Å². The number of rotatable bonds is 7. The molecule has 6 rings (SSSR count). The fraction of sp³-hybridized carbons (Fsp3) is 0.219. The lowest BCUT2D eigenvalue weighted by Crippen LogP contribution is -2.45. The molecule has 0 bridgehead atoms. The first kappa shape index (κ1) is 27.6. The Morgan fingerprint density at radius 3 is 2.26 bits per heavy atom. The molecule has 1 fully saturated rings. The molecule has 1 unspecified atom stereocenters. The predicted molar refractivity (Wildman–Crippen MR) is 157 cm³/mol. The van der Waals surface area contributed by atoms with Gasteiger partial charge in [-0.2, -0.15) is 4.31 Å². The molecule has 1 atom stereocenters. The van der Waals surface area contributed by atoms with Crippen LogP contribution in [0.3, 0.4) is 0 Å². The number of aryl methyl sites for hydroxylation is 2. The highest BCUT2D eigenvalue weighted by Crippen LogP contribution is 2.35. The monoisotopic (exact) mass is 583 g/mol. The third kappa shape index (κ3) is 4.62. The van der Waals surface area contributed by atoms with Gasteiger partial charge in [-0.25, -0.2) is 18.3 Å². The Bertz CT molecular complexity index is 1880. The fourth-order valence-corrected chi connectivity index (χ4v) is 7.59. The van der Waals surface area contributed by atoms with E-state index < -0.39 is 27.9 Å². The first-order valence-electron chi connectivity index (χ1n) is 13.5. The van der Waals surface area contributed by atoms with Crippen LogP contribution in [0.1, 0.15) is 34.4 Å². The molecule has 0 aliphatic carbocycles. The summed E-state index contributed by atoms with van der Waals surface area (Å²) >= 11 is 0. The molecular formula is C32H29N3O6S. The molecule has 1 aliphatic heterocycles. The molecule has 0 N–H and O–H groups in total. The van der Waals surface area contributed by atoms with Gasteiger partial charge in [-0.3, -0.25) is 9.59 Å². The number of carbonyl (C=O) groups is 2. The zero-order valence-corrected chi connectivity index (χ0v) is 24.4. The van der Waals surface area contributed by atoms with Crippen molar-refractivity contribution in [3.63, 3.8) is 0 Å². The number of aromatic nitrogens is 1. The highest BCUT2D eigenvalue weighted by molar-refractivity contribution is 7.89. The Morgan fingerprint density at radius 1 is 0.929 bits per heavy atom. The van der Waals surface area contributed by atoms with Gasteiger partial charge in [-0.1, -0.05) is 18.2 Å². The van der Waals surface area contributed by atoms with Gasteiger partial charge in [0.1, 0.15) is 17.3 Å². The second-order valence-electron chi connectivity index (χ2n) is 10.5. The number of para-hydroxylation sites is 2. The summed E-state index contributed by atoms with van der Waals surface area (Å²) in [7, 11) is -4.23. The number of hydrogen-bond acceptors (Lipinski definition) is 7. The van der Waals surface area contributed by atoms with Crippen LogP contribution in [0.15, 0.2) is 86.7 Å². The number of amides is 2. The van der Waals surface area contributed by atoms with Crippen LogP contribution in [0.5, 0.6) is 0 Å². The van der Waals surface area contributed by atoms with E-state index in [4.69, 9.17) is 8.83 Å². The third-order valence-corrected chi connectivity index (χ3v) is 10.0. The summed E-state index contributed by atoms with van der Waals surface area (Å²) in [4.78, 5) is 32.9. The van der Waals surface area contributed by atoms with E-state index >= 15 is 0 Å². The molecule has 42 heavy (non-hydrogen) atoms. The van der Waals surface area contributed by atoms with Gasteiger partial charge < -0.3 is 8.83 Å². The Balaban J connectivity index is 1.36. The number of anilines is 1. The Hall–Kier alpha value is -4.54. The number of fused-ring (bicyclic) bond motifs is 1. The third-order valence-electron chi connectivity index (χ3n) is 7.89. The van der Waals surface area contributed by atoms with E-state index in [1.54, 1.807) is 50.2 Å². The van der Waals surface area contributed by atoms with E-state index in [0.717, 1.165) is 25.8 Å². The quantitative estimate of drug-likeness (QED) is 0.221. The smallest absolute Gasteiger partial charge is 0.252 e. The van der Waals surface area contributed by atoms with Crippen LogP contribution in [0, 0.1) is 27.7 Å². The molecule has 0 radical (unpaired) electrons. The van der Waals surface area contributed by atoms with Gasteiger partial charge in [0.15, 0.2) is 5.58 Å². The molecule has 0 spiro atoms. The minimum absolute atomic E-state index is 0.146. The van der Waals surface area contributed by atoms with E-state index in [1.807, 2.05) is 44.2 Å². The maximum atomic E-state index is 14.3. The van der Waals surface area contributed by atoms with E-state index in [0.29, 0.717) is 39.6 Å². The second-order valence-corrected chi connectivity index (χ2v) is 12.4. The fourth-order valence-electron chi connectivity index (χ4n) is 5.46. The van der Waals surface area contributed by atoms with Gasteiger partial charge in [-0.05, 0) is 98.5 Å². The van der Waals surface area contributed by atoms with Crippen LogP contribution < -0.4 is 4.90 Å². The van der Waals surface area contributed by atoms with Gasteiger partial charge in [0.05, 0.1) is 29.8 Å². The SMILES string of the molecule is Cc1cc(C)c(C)c(S(=O)(=O)N(Cc2ccco2)C2CC(=O)N(c3ccc(-c4nc5ccccc5o4)cc3)C2=O)c1C. The lowest BCUT2D eigenvalue weighted by molar-refractivity contribution is -0.122. The molecule has 2 amide bonds. The minimum Gasteiger partial charge on any atom is -0.468 e. The summed E-state index contributed by atoms with van der Waals surface area (Å²) in [6, 6.07) is 18.1. The first-order valence-corrected chi connectivity index (χ1v) is 14.9. The molecule has 3 heterocycles. The number of oxazole rings is 1. The molecule has 3 aromatic carbocycles. The van der Waals surface area contributed by atoms with Crippen molar-refractivity contribution in [3.8, 4) is 11.5 Å². The van der Waals surface area contributed by atoms with Crippen LogP contribution in [-0.2, 0) is 26.2 Å². The van der Waals surface area contributed by atoms with Gasteiger partial charge >= 0.3 is 0 Å².